The molecule has 50 heavy (non-hydrogen) atoms. The minimum atomic E-state index is -0.335. The van der Waals surface area contributed by atoms with Gasteiger partial charge in [-0.15, -0.1) is 0 Å². The lowest BCUT2D eigenvalue weighted by Gasteiger charge is -2.19. The summed E-state index contributed by atoms with van der Waals surface area (Å²) in [5, 5.41) is 8.84. The van der Waals surface area contributed by atoms with Crippen molar-refractivity contribution in [2.45, 2.75) is 99.8 Å². The number of benzene rings is 2. The molecule has 2 N–H and O–H groups in total. The van der Waals surface area contributed by atoms with Gasteiger partial charge in [-0.25, -0.2) is 9.59 Å². The molecular formula is C38H49N7O5. The third-order valence-corrected chi connectivity index (χ3v) is 8.68. The molecule has 0 spiro atoms. The van der Waals surface area contributed by atoms with E-state index in [1.54, 1.807) is 15.9 Å². The minimum absolute atomic E-state index is 0.0653. The molecule has 4 aromatic rings. The van der Waals surface area contributed by atoms with E-state index in [0.717, 1.165) is 58.7 Å². The van der Waals surface area contributed by atoms with Crippen LogP contribution in [0.1, 0.15) is 93.7 Å². The van der Waals surface area contributed by atoms with E-state index in [0.29, 0.717) is 45.0 Å². The number of nitrogens with two attached hydrogens (primary N) is 1. The third kappa shape index (κ3) is 9.59. The Hall–Kier alpha value is -4.97. The van der Waals surface area contributed by atoms with Gasteiger partial charge < -0.3 is 25.0 Å². The molecule has 2 aromatic heterocycles. The fraction of sp³-hybridized carbons (Fsp3) is 0.447. The van der Waals surface area contributed by atoms with Crippen molar-refractivity contribution in [2.24, 2.45) is 5.73 Å². The first-order valence-electron chi connectivity index (χ1n) is 17.2. The summed E-state index contributed by atoms with van der Waals surface area (Å²) in [7, 11) is 0. The first kappa shape index (κ1) is 36.3. The molecule has 0 saturated carbocycles. The van der Waals surface area contributed by atoms with Gasteiger partial charge in [0, 0.05) is 39.1 Å². The molecule has 0 saturated heterocycles. The van der Waals surface area contributed by atoms with Gasteiger partial charge in [-0.3, -0.25) is 14.2 Å². The number of Topliss-reactive ketones (excluding diaryl/α,β-unsaturated/α-hetero) is 1. The Bertz CT molecular complexity index is 1800. The monoisotopic (exact) mass is 683 g/mol. The Kier molecular flexibility index (Phi) is 11.7. The van der Waals surface area contributed by atoms with E-state index >= 15 is 0 Å². The predicted molar refractivity (Wildman–Crippen MR) is 189 cm³/mol. The molecule has 0 fully saturated rings. The highest BCUT2D eigenvalue weighted by atomic mass is 16.6. The second-order valence-electron chi connectivity index (χ2n) is 13.5. The number of carbonyl (C=O) groups excluding carboxylic acids is 3. The van der Waals surface area contributed by atoms with Crippen LogP contribution in [0.5, 0.6) is 0 Å². The van der Waals surface area contributed by atoms with Crippen LogP contribution in [-0.2, 0) is 48.9 Å². The number of fused-ring (bicyclic) bond motifs is 2. The highest BCUT2D eigenvalue weighted by Crippen LogP contribution is 2.19. The molecule has 2 aliphatic rings. The fourth-order valence-corrected chi connectivity index (χ4v) is 6.43. The molecule has 1 unspecified atom stereocenters. The van der Waals surface area contributed by atoms with Gasteiger partial charge in [0.2, 0.25) is 0 Å². The van der Waals surface area contributed by atoms with Crippen molar-refractivity contribution < 1.29 is 23.9 Å². The topological polar surface area (TPSA) is 138 Å². The van der Waals surface area contributed by atoms with Crippen molar-refractivity contribution in [2.75, 3.05) is 13.1 Å². The van der Waals surface area contributed by atoms with Crippen LogP contribution in [-0.4, -0.2) is 60.4 Å². The third-order valence-electron chi connectivity index (χ3n) is 8.68. The number of hydrogen-bond donors (Lipinski definition) is 1. The summed E-state index contributed by atoms with van der Waals surface area (Å²) in [6, 6.07) is 16.0. The molecule has 4 heterocycles. The van der Waals surface area contributed by atoms with Crippen LogP contribution in [0.25, 0.3) is 0 Å². The van der Waals surface area contributed by atoms with Gasteiger partial charge in [0.05, 0.1) is 30.2 Å². The molecule has 0 aliphatic carbocycles. The number of rotatable bonds is 6. The first-order chi connectivity index (χ1) is 23.8. The summed E-state index contributed by atoms with van der Waals surface area (Å²) in [6.45, 7) is 15.8. The van der Waals surface area contributed by atoms with Crippen LogP contribution in [0.2, 0.25) is 0 Å². The number of ketones is 1. The number of ether oxygens (including phenoxy) is 2. The predicted octanol–water partition coefficient (Wildman–Crippen LogP) is 6.31. The van der Waals surface area contributed by atoms with Crippen molar-refractivity contribution in [1.29, 1.82) is 0 Å². The zero-order valence-corrected chi connectivity index (χ0v) is 30.1. The number of nitrogens with zero attached hydrogens (tertiary/aromatic N) is 6. The molecule has 12 heteroatoms. The summed E-state index contributed by atoms with van der Waals surface area (Å²) in [5.74, 6) is -0.0653. The van der Waals surface area contributed by atoms with Gasteiger partial charge in [0.1, 0.15) is 18.9 Å². The smallest absolute Gasteiger partial charge is 0.410 e. The average Bonchev–Trinajstić information content (AvgIpc) is 3.52. The van der Waals surface area contributed by atoms with Gasteiger partial charge in [-0.2, -0.15) is 10.2 Å². The van der Waals surface area contributed by atoms with Crippen LogP contribution in [0.4, 0.5) is 9.59 Å². The van der Waals surface area contributed by atoms with E-state index in [9.17, 15) is 14.4 Å². The number of carbonyl (C=O) groups is 3. The number of aromatic nitrogens is 4. The van der Waals surface area contributed by atoms with Crippen molar-refractivity contribution in [3.05, 3.63) is 105 Å². The molecule has 6 rings (SSSR count). The zero-order valence-electron chi connectivity index (χ0n) is 30.1. The van der Waals surface area contributed by atoms with Crippen LogP contribution >= 0.6 is 0 Å². The maximum Gasteiger partial charge on any atom is 0.410 e. The quantitative estimate of drug-likeness (QED) is 0.234. The van der Waals surface area contributed by atoms with Gasteiger partial charge in [-0.1, -0.05) is 58.7 Å². The van der Waals surface area contributed by atoms with Gasteiger partial charge >= 0.3 is 12.2 Å². The Morgan fingerprint density at radius 3 is 1.56 bits per heavy atom. The van der Waals surface area contributed by atoms with Crippen LogP contribution in [0.3, 0.4) is 0 Å². The average molecular weight is 684 g/mol. The number of amides is 2. The van der Waals surface area contributed by atoms with Crippen molar-refractivity contribution in [3.8, 4) is 0 Å². The summed E-state index contributed by atoms with van der Waals surface area (Å²) in [4.78, 5) is 39.9. The van der Waals surface area contributed by atoms with Gasteiger partial charge in [0.15, 0.2) is 5.78 Å². The lowest BCUT2D eigenvalue weighted by Crippen LogP contribution is -2.31. The minimum Gasteiger partial charge on any atom is -0.445 e. The van der Waals surface area contributed by atoms with E-state index < -0.39 is 0 Å². The Labute approximate surface area is 294 Å². The molecule has 266 valence electrons. The number of hydrogen-bond acceptors (Lipinski definition) is 8. The summed E-state index contributed by atoms with van der Waals surface area (Å²) in [5.41, 5.74) is 15.8. The largest absolute Gasteiger partial charge is 0.445 e. The van der Waals surface area contributed by atoms with Crippen molar-refractivity contribution in [1.82, 2.24) is 29.4 Å². The second kappa shape index (κ2) is 16.2. The fourth-order valence-electron chi connectivity index (χ4n) is 6.43. The first-order valence-corrected chi connectivity index (χ1v) is 17.2. The van der Waals surface area contributed by atoms with Crippen LogP contribution in [0.15, 0.2) is 48.5 Å². The van der Waals surface area contributed by atoms with Crippen molar-refractivity contribution in [3.63, 3.8) is 0 Å². The number of aryl methyl sites for hydroxylation is 6. The molecule has 2 aliphatic heterocycles. The second-order valence-corrected chi connectivity index (χ2v) is 13.5. The van der Waals surface area contributed by atoms with E-state index in [1.807, 2.05) is 74.3 Å². The van der Waals surface area contributed by atoms with Crippen LogP contribution in [0, 0.1) is 27.7 Å². The Balaban J connectivity index is 0.000000194. The maximum absolute atomic E-state index is 12.5. The molecule has 0 radical (unpaired) electrons. The van der Waals surface area contributed by atoms with Crippen molar-refractivity contribution >= 4 is 18.0 Å². The molecular weight excluding hydrogens is 634 g/mol. The molecule has 0 bridgehead atoms. The highest BCUT2D eigenvalue weighted by molar-refractivity contribution is 5.92. The zero-order chi connectivity index (χ0) is 35.9. The van der Waals surface area contributed by atoms with E-state index in [4.69, 9.17) is 15.2 Å². The Morgan fingerprint density at radius 2 is 1.12 bits per heavy atom. The molecule has 2 amide bonds. The molecule has 12 nitrogen and oxygen atoms in total. The van der Waals surface area contributed by atoms with E-state index in [2.05, 4.69) is 22.3 Å². The Morgan fingerprint density at radius 1 is 0.680 bits per heavy atom. The summed E-state index contributed by atoms with van der Waals surface area (Å²) in [6.07, 6.45) is 1.02. The highest BCUT2D eigenvalue weighted by Gasteiger charge is 2.24. The normalized spacial score (nSPS) is 14.7. The van der Waals surface area contributed by atoms with Gasteiger partial charge in [0.25, 0.3) is 0 Å². The van der Waals surface area contributed by atoms with E-state index in [1.165, 1.54) is 18.1 Å². The lowest BCUT2D eigenvalue weighted by molar-refractivity contribution is 0.0935. The summed E-state index contributed by atoms with van der Waals surface area (Å²) < 4.78 is 14.8. The maximum atomic E-state index is 12.5. The summed E-state index contributed by atoms with van der Waals surface area (Å²) >= 11 is 0. The molecule has 2 aromatic carbocycles. The standard InChI is InChI=1S/C19H26N4O2.C19H23N3O3/c1-13-7-14(2)9-16(8-13)12-25-19(24)22-5-4-6-23-17(11-22)10-18(21-23)15(3)20;1-13-7-14(2)9-16(8-13)12-25-19(24)21-5-4-6-22-17(11-21)10-18(20-22)15(3)23/h7-10,15H,4-6,11-12,20H2,1-3H3;7-10H,4-6,11-12H2,1-3H3. The SMILES string of the molecule is CC(=O)c1cc2n(n1)CCCN(C(=O)OCc1cc(C)cc(C)c1)C2.Cc1cc(C)cc(COC(=O)N2CCCn3nc(C(C)N)cc3C2)c1. The lowest BCUT2D eigenvalue weighted by atomic mass is 10.1. The van der Waals surface area contributed by atoms with Gasteiger partial charge in [-0.05, 0) is 70.7 Å². The van der Waals surface area contributed by atoms with E-state index in [-0.39, 0.29) is 30.6 Å². The van der Waals surface area contributed by atoms with Crippen LogP contribution < -0.4 is 5.73 Å². The molecule has 1 atom stereocenters.